The molecule has 0 aromatic heterocycles. The van der Waals surface area contributed by atoms with E-state index in [1.807, 2.05) is 0 Å². The van der Waals surface area contributed by atoms with Gasteiger partial charge in [0.05, 0.1) is 0 Å². The van der Waals surface area contributed by atoms with Gasteiger partial charge in [0.2, 0.25) is 0 Å². The number of aliphatic hydroxyl groups is 1. The summed E-state index contributed by atoms with van der Waals surface area (Å²) in [6.07, 6.45) is 3.32. The first-order valence-electron chi connectivity index (χ1n) is 2.82. The molecule has 0 bridgehead atoms. The van der Waals surface area contributed by atoms with Crippen molar-refractivity contribution < 1.29 is 9.90 Å². The lowest BCUT2D eigenvalue weighted by atomic mass is 10.4. The molecule has 0 aliphatic carbocycles. The van der Waals surface area contributed by atoms with Gasteiger partial charge in [-0.2, -0.15) is 0 Å². The van der Waals surface area contributed by atoms with Crippen molar-refractivity contribution >= 4 is 6.41 Å². The first kappa shape index (κ1) is 8.91. The van der Waals surface area contributed by atoms with Crippen molar-refractivity contribution in [3.05, 3.63) is 25.3 Å². The Balaban J connectivity index is 3.90. The smallest absolute Gasteiger partial charge is 0.314 e. The van der Waals surface area contributed by atoms with E-state index in [0.29, 0.717) is 0 Å². The molecule has 1 amide bonds. The Labute approximate surface area is 60.3 Å². The number of carbonyl (C=O) groups excluding carboxylic acids is 1. The van der Waals surface area contributed by atoms with Gasteiger partial charge in [-0.1, -0.05) is 12.7 Å². The molecule has 1 N–H and O–H groups in total. The summed E-state index contributed by atoms with van der Waals surface area (Å²) in [5.41, 5.74) is 0. The molecule has 55 valence electrons. The van der Waals surface area contributed by atoms with Crippen LogP contribution in [0.2, 0.25) is 0 Å². The molecule has 10 heavy (non-hydrogen) atoms. The van der Waals surface area contributed by atoms with Gasteiger partial charge in [0.1, 0.15) is 6.23 Å². The Kier molecular flexibility index (Phi) is 4.24. The fourth-order valence-electron chi connectivity index (χ4n) is 0.466. The number of amides is 1. The van der Waals surface area contributed by atoms with E-state index in [4.69, 9.17) is 5.11 Å². The van der Waals surface area contributed by atoms with Gasteiger partial charge in [0.15, 0.2) is 0 Å². The third-order valence-corrected chi connectivity index (χ3v) is 0.973. The lowest BCUT2D eigenvalue weighted by Crippen LogP contribution is -2.32. The highest BCUT2D eigenvalue weighted by atomic mass is 16.3. The molecular weight excluding hydrogens is 130 g/mol. The molecule has 0 rings (SSSR count). The maximum absolute atomic E-state index is 10.0. The summed E-state index contributed by atoms with van der Waals surface area (Å²) in [5, 5.41) is 8.95. The van der Waals surface area contributed by atoms with E-state index in [9.17, 15) is 4.79 Å². The molecule has 0 saturated heterocycles. The fraction of sp³-hybridized carbons (Fsp3) is 0.286. The molecule has 1 unspecified atom stereocenters. The van der Waals surface area contributed by atoms with E-state index in [-0.39, 0.29) is 6.54 Å². The summed E-state index contributed by atoms with van der Waals surface area (Å²) in [4.78, 5) is 11.1. The predicted octanol–water partition coefficient (Wildman–Crippen LogP) is 0.0460. The van der Waals surface area contributed by atoms with Crippen molar-refractivity contribution in [1.29, 1.82) is 0 Å². The van der Waals surface area contributed by atoms with E-state index in [0.717, 1.165) is 4.90 Å². The summed E-state index contributed by atoms with van der Waals surface area (Å²) in [5.74, 6) is 0. The molecule has 1 radical (unpaired) electrons. The molecule has 0 fully saturated rings. The summed E-state index contributed by atoms with van der Waals surface area (Å²) in [7, 11) is 0. The number of hydrogen-bond acceptors (Lipinski definition) is 2. The Hall–Kier alpha value is -1.09. The normalized spacial score (nSPS) is 11.7. The fourth-order valence-corrected chi connectivity index (χ4v) is 0.466. The third-order valence-electron chi connectivity index (χ3n) is 0.973. The van der Waals surface area contributed by atoms with Crippen molar-refractivity contribution in [3.63, 3.8) is 0 Å². The van der Waals surface area contributed by atoms with Crippen LogP contribution in [0.3, 0.4) is 0 Å². The Bertz CT molecular complexity index is 134. The zero-order valence-electron chi connectivity index (χ0n) is 5.66. The van der Waals surface area contributed by atoms with E-state index >= 15 is 0 Å². The zero-order valence-corrected chi connectivity index (χ0v) is 5.66. The van der Waals surface area contributed by atoms with Crippen LogP contribution < -0.4 is 0 Å². The summed E-state index contributed by atoms with van der Waals surface area (Å²) in [6, 6.07) is 0. The van der Waals surface area contributed by atoms with Crippen LogP contribution >= 0.6 is 0 Å². The lowest BCUT2D eigenvalue weighted by molar-refractivity contribution is 0.102. The average molecular weight is 140 g/mol. The van der Waals surface area contributed by atoms with Crippen LogP contribution in [0.1, 0.15) is 0 Å². The van der Waals surface area contributed by atoms with E-state index < -0.39 is 6.23 Å². The molecule has 3 heteroatoms. The van der Waals surface area contributed by atoms with Crippen molar-refractivity contribution in [1.82, 2.24) is 4.90 Å². The minimum atomic E-state index is -0.963. The van der Waals surface area contributed by atoms with Crippen LogP contribution in [0.15, 0.2) is 25.3 Å². The number of aliphatic hydroxyl groups excluding tert-OH is 1. The highest BCUT2D eigenvalue weighted by Gasteiger charge is 2.06. The summed E-state index contributed by atoms with van der Waals surface area (Å²) >= 11 is 0. The van der Waals surface area contributed by atoms with Gasteiger partial charge in [0.25, 0.3) is 0 Å². The van der Waals surface area contributed by atoms with Gasteiger partial charge in [-0.3, -0.25) is 4.79 Å². The molecule has 0 heterocycles. The summed E-state index contributed by atoms with van der Waals surface area (Å²) in [6.45, 7) is 6.98. The van der Waals surface area contributed by atoms with Crippen LogP contribution in [-0.2, 0) is 4.79 Å². The van der Waals surface area contributed by atoms with Crippen molar-refractivity contribution in [2.24, 2.45) is 0 Å². The van der Waals surface area contributed by atoms with Gasteiger partial charge in [-0.05, 0) is 6.08 Å². The molecule has 0 aromatic rings. The molecule has 3 nitrogen and oxygen atoms in total. The monoisotopic (exact) mass is 140 g/mol. The molecule has 0 aliphatic heterocycles. The quantitative estimate of drug-likeness (QED) is 0.333. The predicted molar refractivity (Wildman–Crippen MR) is 38.8 cm³/mol. The first-order chi connectivity index (χ1) is 4.76. The first-order valence-corrected chi connectivity index (χ1v) is 2.82. The van der Waals surface area contributed by atoms with Crippen molar-refractivity contribution in [2.45, 2.75) is 6.23 Å². The average Bonchev–Trinajstić information content (AvgIpc) is 1.99. The SMILES string of the molecule is C=CCN([C]=O)C(O)C=C. The maximum Gasteiger partial charge on any atom is 0.314 e. The minimum absolute atomic E-state index is 0.274. The van der Waals surface area contributed by atoms with E-state index in [1.165, 1.54) is 12.2 Å². The Morgan fingerprint density at radius 1 is 1.70 bits per heavy atom. The van der Waals surface area contributed by atoms with Crippen LogP contribution in [0.4, 0.5) is 0 Å². The second kappa shape index (κ2) is 4.76. The zero-order chi connectivity index (χ0) is 7.98. The van der Waals surface area contributed by atoms with E-state index in [2.05, 4.69) is 13.2 Å². The minimum Gasteiger partial charge on any atom is -0.370 e. The lowest BCUT2D eigenvalue weighted by Gasteiger charge is -2.17. The largest absolute Gasteiger partial charge is 0.370 e. The van der Waals surface area contributed by atoms with Gasteiger partial charge >= 0.3 is 6.41 Å². The number of nitrogens with zero attached hydrogens (tertiary/aromatic N) is 1. The second-order valence-corrected chi connectivity index (χ2v) is 1.68. The molecule has 0 aliphatic rings. The van der Waals surface area contributed by atoms with Gasteiger partial charge < -0.3 is 10.0 Å². The highest BCUT2D eigenvalue weighted by Crippen LogP contribution is 1.92. The summed E-state index contributed by atoms with van der Waals surface area (Å²) < 4.78 is 0. The molecule has 1 atom stereocenters. The van der Waals surface area contributed by atoms with Crippen LogP contribution in [-0.4, -0.2) is 29.2 Å². The second-order valence-electron chi connectivity index (χ2n) is 1.68. The molecule has 0 aromatic carbocycles. The maximum atomic E-state index is 10.0. The van der Waals surface area contributed by atoms with Gasteiger partial charge in [-0.15, -0.1) is 6.58 Å². The Morgan fingerprint density at radius 2 is 2.30 bits per heavy atom. The van der Waals surface area contributed by atoms with E-state index in [1.54, 1.807) is 6.41 Å². The van der Waals surface area contributed by atoms with Crippen molar-refractivity contribution in [2.75, 3.05) is 6.54 Å². The van der Waals surface area contributed by atoms with Crippen LogP contribution in [0.25, 0.3) is 0 Å². The van der Waals surface area contributed by atoms with Crippen LogP contribution in [0.5, 0.6) is 0 Å². The molecule has 0 saturated carbocycles. The van der Waals surface area contributed by atoms with Gasteiger partial charge in [-0.25, -0.2) is 0 Å². The molecular formula is C7H10NO2. The highest BCUT2D eigenvalue weighted by molar-refractivity contribution is 5.49. The molecule has 0 spiro atoms. The van der Waals surface area contributed by atoms with Gasteiger partial charge in [0, 0.05) is 6.54 Å². The third kappa shape index (κ3) is 2.46. The Morgan fingerprint density at radius 3 is 2.60 bits per heavy atom. The van der Waals surface area contributed by atoms with Crippen LogP contribution in [0, 0.1) is 0 Å². The van der Waals surface area contributed by atoms with Crippen molar-refractivity contribution in [3.8, 4) is 0 Å². The standard InChI is InChI=1S/C7H10NO2/c1-3-5-8(6-9)7(10)4-2/h3-4,7,10H,1-2,5H2. The number of rotatable bonds is 5. The number of hydrogen-bond donors (Lipinski definition) is 1. The topological polar surface area (TPSA) is 40.5 Å².